The fourth-order valence-corrected chi connectivity index (χ4v) is 1.99. The average molecular weight is 370 g/mol. The van der Waals surface area contributed by atoms with Gasteiger partial charge in [0.1, 0.15) is 23.1 Å². The van der Waals surface area contributed by atoms with E-state index in [1.807, 2.05) is 6.92 Å². The number of hydrogen-bond donors (Lipinski definition) is 3. The number of nitriles is 1. The number of rotatable bonds is 6. The maximum absolute atomic E-state index is 11.8. The molecule has 3 N–H and O–H groups in total. The summed E-state index contributed by atoms with van der Waals surface area (Å²) in [4.78, 5) is 15.8. The molecule has 2 rings (SSSR count). The summed E-state index contributed by atoms with van der Waals surface area (Å²) in [5, 5.41) is 21.8. The first kappa shape index (κ1) is 19.8. The van der Waals surface area contributed by atoms with Crippen LogP contribution in [0.4, 0.5) is 27.8 Å². The number of hydrogen-bond acceptors (Lipinski definition) is 7. The van der Waals surface area contributed by atoms with Crippen LogP contribution in [0.3, 0.4) is 0 Å². The maximum atomic E-state index is 11.8. The van der Waals surface area contributed by atoms with Crippen molar-refractivity contribution in [1.82, 2.24) is 10.2 Å². The first-order valence-electron chi connectivity index (χ1n) is 8.32. The molecule has 9 heteroatoms. The largest absolute Gasteiger partial charge is 0.483 e. The Labute approximate surface area is 157 Å². The zero-order valence-electron chi connectivity index (χ0n) is 15.7. The zero-order valence-corrected chi connectivity index (χ0v) is 15.7. The standard InChI is InChI=1S/C18H22N6O3/c1-5-26-11-20-15-14(10-19)16(24-23-15)21-12-6-8-13(9-7-12)22-17(25)27-18(2,3)4/h6-9,11H,5H2,1-4H3,(H,22,25)(H2,21,23,24). The van der Waals surface area contributed by atoms with Gasteiger partial charge in [0.2, 0.25) is 0 Å². The Balaban J connectivity index is 2.04. The molecule has 1 aromatic heterocycles. The molecule has 0 aliphatic rings. The van der Waals surface area contributed by atoms with E-state index in [9.17, 15) is 10.1 Å². The third-order valence-corrected chi connectivity index (χ3v) is 3.07. The van der Waals surface area contributed by atoms with Gasteiger partial charge in [-0.2, -0.15) is 15.4 Å². The molecule has 9 nitrogen and oxygen atoms in total. The third-order valence-electron chi connectivity index (χ3n) is 3.07. The number of carbonyl (C=O) groups excluding carboxylic acids is 1. The fourth-order valence-electron chi connectivity index (χ4n) is 1.99. The van der Waals surface area contributed by atoms with E-state index in [1.165, 1.54) is 6.40 Å². The van der Waals surface area contributed by atoms with E-state index in [-0.39, 0.29) is 11.4 Å². The van der Waals surface area contributed by atoms with Crippen molar-refractivity contribution in [2.45, 2.75) is 33.3 Å². The smallest absolute Gasteiger partial charge is 0.412 e. The molecule has 0 bridgehead atoms. The van der Waals surface area contributed by atoms with Gasteiger partial charge in [0.25, 0.3) is 0 Å². The highest BCUT2D eigenvalue weighted by atomic mass is 16.6. The van der Waals surface area contributed by atoms with Crippen LogP contribution in [0.15, 0.2) is 29.3 Å². The summed E-state index contributed by atoms with van der Waals surface area (Å²) < 4.78 is 10.2. The summed E-state index contributed by atoms with van der Waals surface area (Å²) in [6.07, 6.45) is 0.720. The lowest BCUT2D eigenvalue weighted by Gasteiger charge is -2.19. The van der Waals surface area contributed by atoms with E-state index >= 15 is 0 Å². The lowest BCUT2D eigenvalue weighted by molar-refractivity contribution is 0.0636. The van der Waals surface area contributed by atoms with Gasteiger partial charge in [0, 0.05) is 11.4 Å². The van der Waals surface area contributed by atoms with E-state index in [0.29, 0.717) is 23.8 Å². The summed E-state index contributed by atoms with van der Waals surface area (Å²) in [5.41, 5.74) is 0.983. The SMILES string of the molecule is CCOC=Nc1n[nH]c(Nc2ccc(NC(=O)OC(C)(C)C)cc2)c1C#N. The molecule has 2 aromatic rings. The van der Waals surface area contributed by atoms with Crippen molar-refractivity contribution in [2.24, 2.45) is 4.99 Å². The minimum atomic E-state index is -0.567. The Morgan fingerprint density at radius 3 is 2.59 bits per heavy atom. The van der Waals surface area contributed by atoms with Crippen LogP contribution in [0.5, 0.6) is 0 Å². The Hall–Kier alpha value is -3.54. The Morgan fingerprint density at radius 1 is 1.33 bits per heavy atom. The van der Waals surface area contributed by atoms with E-state index < -0.39 is 11.7 Å². The molecular weight excluding hydrogens is 348 g/mol. The van der Waals surface area contributed by atoms with Crippen molar-refractivity contribution in [1.29, 1.82) is 5.26 Å². The molecule has 0 aliphatic heterocycles. The number of aliphatic imine (C=N–C) groups is 1. The van der Waals surface area contributed by atoms with E-state index in [2.05, 4.69) is 31.9 Å². The summed E-state index contributed by atoms with van der Waals surface area (Å²) in [5.74, 6) is 0.644. The van der Waals surface area contributed by atoms with Crippen molar-refractivity contribution in [3.8, 4) is 6.07 Å². The van der Waals surface area contributed by atoms with Crippen LogP contribution in [0.2, 0.25) is 0 Å². The highest BCUT2D eigenvalue weighted by Crippen LogP contribution is 2.26. The van der Waals surface area contributed by atoms with Gasteiger partial charge in [-0.25, -0.2) is 4.79 Å². The summed E-state index contributed by atoms with van der Waals surface area (Å²) in [7, 11) is 0. The first-order chi connectivity index (χ1) is 12.8. The van der Waals surface area contributed by atoms with Gasteiger partial charge >= 0.3 is 6.09 Å². The van der Waals surface area contributed by atoms with Crippen LogP contribution in [0.1, 0.15) is 33.3 Å². The number of H-pyrrole nitrogens is 1. The van der Waals surface area contributed by atoms with Crippen molar-refractivity contribution in [3.63, 3.8) is 0 Å². The molecule has 1 amide bonds. The van der Waals surface area contributed by atoms with Crippen LogP contribution in [0, 0.1) is 11.3 Å². The number of anilines is 3. The highest BCUT2D eigenvalue weighted by Gasteiger charge is 2.16. The molecule has 0 unspecified atom stereocenters. The van der Waals surface area contributed by atoms with E-state index in [1.54, 1.807) is 45.0 Å². The number of nitrogens with one attached hydrogen (secondary N) is 3. The highest BCUT2D eigenvalue weighted by molar-refractivity contribution is 5.85. The zero-order chi connectivity index (χ0) is 19.9. The first-order valence-corrected chi connectivity index (χ1v) is 8.32. The fraction of sp³-hybridized carbons (Fsp3) is 0.333. The minimum Gasteiger partial charge on any atom is -0.483 e. The van der Waals surface area contributed by atoms with Gasteiger partial charge in [-0.15, -0.1) is 0 Å². The van der Waals surface area contributed by atoms with Gasteiger partial charge in [-0.1, -0.05) is 0 Å². The summed E-state index contributed by atoms with van der Waals surface area (Å²) in [6.45, 7) is 7.69. The Bertz CT molecular complexity index is 843. The molecule has 142 valence electrons. The lowest BCUT2D eigenvalue weighted by Crippen LogP contribution is -2.27. The van der Waals surface area contributed by atoms with E-state index in [0.717, 1.165) is 0 Å². The Kier molecular flexibility index (Phi) is 6.38. The van der Waals surface area contributed by atoms with Crippen LogP contribution in [-0.4, -0.2) is 34.9 Å². The predicted molar refractivity (Wildman–Crippen MR) is 103 cm³/mol. The molecule has 27 heavy (non-hydrogen) atoms. The molecule has 1 aromatic carbocycles. The van der Waals surface area contributed by atoms with Gasteiger partial charge in [0.05, 0.1) is 6.61 Å². The van der Waals surface area contributed by atoms with Gasteiger partial charge in [-0.05, 0) is 52.0 Å². The minimum absolute atomic E-state index is 0.233. The van der Waals surface area contributed by atoms with Crippen LogP contribution < -0.4 is 10.6 Å². The molecule has 0 saturated heterocycles. The van der Waals surface area contributed by atoms with Crippen LogP contribution in [0.25, 0.3) is 0 Å². The van der Waals surface area contributed by atoms with E-state index in [4.69, 9.17) is 9.47 Å². The molecule has 0 spiro atoms. The van der Waals surface area contributed by atoms with Gasteiger partial charge in [-0.3, -0.25) is 10.4 Å². The number of benzene rings is 1. The number of nitrogens with zero attached hydrogens (tertiary/aromatic N) is 3. The third kappa shape index (κ3) is 6.04. The molecular formula is C18H22N6O3. The van der Waals surface area contributed by atoms with Crippen molar-refractivity contribution < 1.29 is 14.3 Å². The second-order valence-corrected chi connectivity index (χ2v) is 6.43. The van der Waals surface area contributed by atoms with Crippen molar-refractivity contribution in [3.05, 3.63) is 29.8 Å². The molecule has 0 saturated carbocycles. The molecule has 0 radical (unpaired) electrons. The van der Waals surface area contributed by atoms with Crippen LogP contribution in [-0.2, 0) is 9.47 Å². The monoisotopic (exact) mass is 370 g/mol. The molecule has 1 heterocycles. The predicted octanol–water partition coefficient (Wildman–Crippen LogP) is 4.07. The number of aromatic amines is 1. The van der Waals surface area contributed by atoms with Gasteiger partial charge < -0.3 is 14.8 Å². The van der Waals surface area contributed by atoms with Crippen LogP contribution >= 0.6 is 0 Å². The normalized spacial score (nSPS) is 11.1. The van der Waals surface area contributed by atoms with Crippen molar-refractivity contribution >= 4 is 35.5 Å². The lowest BCUT2D eigenvalue weighted by atomic mass is 10.2. The Morgan fingerprint density at radius 2 is 2.00 bits per heavy atom. The number of ether oxygens (including phenoxy) is 2. The maximum Gasteiger partial charge on any atom is 0.412 e. The second kappa shape index (κ2) is 8.71. The molecule has 0 fully saturated rings. The number of carbonyl (C=O) groups is 1. The summed E-state index contributed by atoms with van der Waals surface area (Å²) in [6, 6.07) is 8.97. The van der Waals surface area contributed by atoms with Gasteiger partial charge in [0.15, 0.2) is 12.2 Å². The molecule has 0 aliphatic carbocycles. The van der Waals surface area contributed by atoms with Crippen molar-refractivity contribution in [2.75, 3.05) is 17.2 Å². The summed E-state index contributed by atoms with van der Waals surface area (Å²) >= 11 is 0. The second-order valence-electron chi connectivity index (χ2n) is 6.43. The molecule has 0 atom stereocenters. The quantitative estimate of drug-likeness (QED) is 0.520. The number of aromatic nitrogens is 2. The number of amides is 1. The topological polar surface area (TPSA) is 124 Å². The average Bonchev–Trinajstić information content (AvgIpc) is 2.97.